The quantitative estimate of drug-likeness (QED) is 0.858. The maximum Gasteiger partial charge on any atom is 0.319 e. The normalized spacial score (nSPS) is 17.1. The van der Waals surface area contributed by atoms with Crippen molar-refractivity contribution in [2.75, 3.05) is 40.3 Å². The average Bonchev–Trinajstić information content (AvgIpc) is 2.62. The van der Waals surface area contributed by atoms with Gasteiger partial charge in [0.05, 0.1) is 12.5 Å². The van der Waals surface area contributed by atoms with E-state index in [9.17, 15) is 9.59 Å². The third-order valence-electron chi connectivity index (χ3n) is 4.39. The molecule has 0 radical (unpaired) electrons. The number of urea groups is 1. The fraction of sp³-hybridized carbons (Fsp3) is 0.579. The molecule has 0 aliphatic carbocycles. The summed E-state index contributed by atoms with van der Waals surface area (Å²) in [5, 5.41) is 3.01. The Morgan fingerprint density at radius 3 is 2.64 bits per heavy atom. The van der Waals surface area contributed by atoms with E-state index >= 15 is 0 Å². The van der Waals surface area contributed by atoms with Crippen molar-refractivity contribution in [2.45, 2.75) is 26.2 Å². The first-order valence-electron chi connectivity index (χ1n) is 8.97. The van der Waals surface area contributed by atoms with Crippen molar-refractivity contribution < 1.29 is 14.3 Å². The zero-order chi connectivity index (χ0) is 18.2. The van der Waals surface area contributed by atoms with Crippen LogP contribution in [0.15, 0.2) is 24.3 Å². The van der Waals surface area contributed by atoms with Crippen LogP contribution in [-0.4, -0.2) is 62.1 Å². The Balaban J connectivity index is 1.76. The molecule has 138 valence electrons. The Morgan fingerprint density at radius 2 is 2.00 bits per heavy atom. The Bertz CT molecular complexity index is 572. The minimum Gasteiger partial charge on any atom is -0.494 e. The summed E-state index contributed by atoms with van der Waals surface area (Å²) in [6.07, 6.45) is 2.49. The van der Waals surface area contributed by atoms with Crippen LogP contribution in [0.2, 0.25) is 0 Å². The molecule has 3 amide bonds. The van der Waals surface area contributed by atoms with Crippen LogP contribution in [0.4, 0.5) is 4.79 Å². The smallest absolute Gasteiger partial charge is 0.319 e. The molecule has 25 heavy (non-hydrogen) atoms. The summed E-state index contributed by atoms with van der Waals surface area (Å²) in [6.45, 7) is 4.45. The van der Waals surface area contributed by atoms with Crippen molar-refractivity contribution in [1.82, 2.24) is 15.1 Å². The van der Waals surface area contributed by atoms with E-state index in [0.29, 0.717) is 19.7 Å². The van der Waals surface area contributed by atoms with Gasteiger partial charge in [-0.3, -0.25) is 4.79 Å². The van der Waals surface area contributed by atoms with Crippen LogP contribution in [0.1, 0.15) is 25.3 Å². The van der Waals surface area contributed by atoms with Gasteiger partial charge in [-0.15, -0.1) is 0 Å². The van der Waals surface area contributed by atoms with Crippen LogP contribution < -0.4 is 10.1 Å². The van der Waals surface area contributed by atoms with Crippen LogP contribution in [0.3, 0.4) is 0 Å². The molecular formula is C19H29N3O3. The predicted octanol–water partition coefficient (Wildman–Crippen LogP) is 2.14. The van der Waals surface area contributed by atoms with Gasteiger partial charge in [0.1, 0.15) is 5.75 Å². The molecule has 1 aliphatic heterocycles. The lowest BCUT2D eigenvalue weighted by atomic mass is 9.97. The molecule has 1 N–H and O–H groups in total. The Labute approximate surface area is 150 Å². The van der Waals surface area contributed by atoms with E-state index in [1.807, 2.05) is 31.2 Å². The lowest BCUT2D eigenvalue weighted by molar-refractivity contribution is -0.126. The lowest BCUT2D eigenvalue weighted by Gasteiger charge is -2.33. The number of rotatable bonds is 6. The number of hydrogen-bond donors (Lipinski definition) is 1. The third kappa shape index (κ3) is 5.66. The van der Waals surface area contributed by atoms with Crippen molar-refractivity contribution in [2.24, 2.45) is 5.92 Å². The first-order valence-corrected chi connectivity index (χ1v) is 8.97. The molecule has 1 aliphatic rings. The number of ether oxygens (including phenoxy) is 1. The Kier molecular flexibility index (Phi) is 7.10. The standard InChI is InChI=1S/C19H29N3O3/c1-4-25-17-9-7-15(8-10-17)11-12-20-18(23)16-6-5-13-22(14-16)19(24)21(2)3/h7-10,16H,4-6,11-14H2,1-3H3,(H,20,23)/t16-/m1/s1. The highest BCUT2D eigenvalue weighted by Crippen LogP contribution is 2.18. The van der Waals surface area contributed by atoms with E-state index in [4.69, 9.17) is 4.74 Å². The molecule has 1 atom stereocenters. The Hall–Kier alpha value is -2.24. The van der Waals surface area contributed by atoms with Crippen molar-refractivity contribution in [3.8, 4) is 5.75 Å². The fourth-order valence-electron chi connectivity index (χ4n) is 3.04. The van der Waals surface area contributed by atoms with E-state index in [0.717, 1.165) is 37.1 Å². The first kappa shape index (κ1) is 19.1. The molecule has 1 fully saturated rings. The molecule has 1 aromatic carbocycles. The largest absolute Gasteiger partial charge is 0.494 e. The second-order valence-corrected chi connectivity index (χ2v) is 6.58. The molecule has 0 bridgehead atoms. The second-order valence-electron chi connectivity index (χ2n) is 6.58. The molecule has 0 saturated carbocycles. The number of amides is 3. The SMILES string of the molecule is CCOc1ccc(CCNC(=O)[C@@H]2CCCN(C(=O)N(C)C)C2)cc1. The van der Waals surface area contributed by atoms with Crippen LogP contribution in [-0.2, 0) is 11.2 Å². The number of likely N-dealkylation sites (tertiary alicyclic amines) is 1. The number of piperidine rings is 1. The van der Waals surface area contributed by atoms with Crippen LogP contribution in [0, 0.1) is 5.92 Å². The maximum atomic E-state index is 12.4. The number of carbonyl (C=O) groups excluding carboxylic acids is 2. The molecule has 1 aromatic rings. The van der Waals surface area contributed by atoms with E-state index in [1.54, 1.807) is 23.9 Å². The minimum atomic E-state index is -0.113. The van der Waals surface area contributed by atoms with Crippen LogP contribution in [0.25, 0.3) is 0 Å². The van der Waals surface area contributed by atoms with E-state index in [-0.39, 0.29) is 17.9 Å². The lowest BCUT2D eigenvalue weighted by Crippen LogP contribution is -2.48. The predicted molar refractivity (Wildman–Crippen MR) is 97.7 cm³/mol. The third-order valence-corrected chi connectivity index (χ3v) is 4.39. The molecule has 6 heteroatoms. The first-order chi connectivity index (χ1) is 12.0. The van der Waals surface area contributed by atoms with Gasteiger partial charge in [0.15, 0.2) is 0 Å². The molecule has 1 saturated heterocycles. The number of benzene rings is 1. The number of hydrogen-bond acceptors (Lipinski definition) is 3. The number of nitrogens with zero attached hydrogens (tertiary/aromatic N) is 2. The number of carbonyl (C=O) groups is 2. The van der Waals surface area contributed by atoms with Gasteiger partial charge in [0.2, 0.25) is 5.91 Å². The molecule has 0 aromatic heterocycles. The zero-order valence-corrected chi connectivity index (χ0v) is 15.5. The van der Waals surface area contributed by atoms with Crippen LogP contribution >= 0.6 is 0 Å². The van der Waals surface area contributed by atoms with E-state index in [2.05, 4.69) is 5.32 Å². The number of nitrogens with one attached hydrogen (secondary N) is 1. The van der Waals surface area contributed by atoms with Crippen molar-refractivity contribution in [3.63, 3.8) is 0 Å². The highest BCUT2D eigenvalue weighted by atomic mass is 16.5. The minimum absolute atomic E-state index is 0.0214. The molecule has 0 spiro atoms. The van der Waals surface area contributed by atoms with Gasteiger partial charge >= 0.3 is 6.03 Å². The highest BCUT2D eigenvalue weighted by Gasteiger charge is 2.28. The topological polar surface area (TPSA) is 61.9 Å². The van der Waals surface area contributed by atoms with E-state index < -0.39 is 0 Å². The summed E-state index contributed by atoms with van der Waals surface area (Å²) < 4.78 is 5.42. The highest BCUT2D eigenvalue weighted by molar-refractivity contribution is 5.80. The van der Waals surface area contributed by atoms with Gasteiger partial charge in [-0.2, -0.15) is 0 Å². The molecule has 6 nitrogen and oxygen atoms in total. The summed E-state index contributed by atoms with van der Waals surface area (Å²) in [5.41, 5.74) is 1.16. The van der Waals surface area contributed by atoms with Gasteiger partial charge in [-0.05, 0) is 43.9 Å². The van der Waals surface area contributed by atoms with Gasteiger partial charge in [-0.25, -0.2) is 4.79 Å². The van der Waals surface area contributed by atoms with Crippen LogP contribution in [0.5, 0.6) is 5.75 Å². The van der Waals surface area contributed by atoms with Gasteiger partial charge in [-0.1, -0.05) is 12.1 Å². The van der Waals surface area contributed by atoms with Crippen molar-refractivity contribution in [3.05, 3.63) is 29.8 Å². The zero-order valence-electron chi connectivity index (χ0n) is 15.5. The fourth-order valence-corrected chi connectivity index (χ4v) is 3.04. The summed E-state index contributed by atoms with van der Waals surface area (Å²) in [4.78, 5) is 27.8. The average molecular weight is 347 g/mol. The summed E-state index contributed by atoms with van der Waals surface area (Å²) in [6, 6.07) is 7.93. The molecule has 0 unspecified atom stereocenters. The van der Waals surface area contributed by atoms with E-state index in [1.165, 1.54) is 0 Å². The molecule has 1 heterocycles. The molecule has 2 rings (SSSR count). The monoisotopic (exact) mass is 347 g/mol. The van der Waals surface area contributed by atoms with Crippen molar-refractivity contribution >= 4 is 11.9 Å². The van der Waals surface area contributed by atoms with Crippen molar-refractivity contribution in [1.29, 1.82) is 0 Å². The van der Waals surface area contributed by atoms with Gasteiger partial charge < -0.3 is 19.9 Å². The Morgan fingerprint density at radius 1 is 1.28 bits per heavy atom. The molecular weight excluding hydrogens is 318 g/mol. The van der Waals surface area contributed by atoms with Gasteiger partial charge in [0.25, 0.3) is 0 Å². The summed E-state index contributed by atoms with van der Waals surface area (Å²) in [5.74, 6) is 0.795. The maximum absolute atomic E-state index is 12.4. The second kappa shape index (κ2) is 9.30. The summed E-state index contributed by atoms with van der Waals surface area (Å²) in [7, 11) is 3.48. The summed E-state index contributed by atoms with van der Waals surface area (Å²) >= 11 is 0. The van der Waals surface area contributed by atoms with Gasteiger partial charge in [0, 0.05) is 33.7 Å².